The highest BCUT2D eigenvalue weighted by Crippen LogP contribution is 2.41. The van der Waals surface area contributed by atoms with Crippen LogP contribution in [-0.4, -0.2) is 34.5 Å². The van der Waals surface area contributed by atoms with Gasteiger partial charge in [-0.15, -0.1) is 0 Å². The van der Waals surface area contributed by atoms with Crippen LogP contribution in [0.15, 0.2) is 60.7 Å². The molecule has 5 rings (SSSR count). The van der Waals surface area contributed by atoms with Crippen LogP contribution in [0.25, 0.3) is 0 Å². The molecule has 188 valence electrons. The van der Waals surface area contributed by atoms with Gasteiger partial charge in [-0.25, -0.2) is 0 Å². The van der Waals surface area contributed by atoms with Crippen molar-refractivity contribution in [3.8, 4) is 5.75 Å². The van der Waals surface area contributed by atoms with Crippen molar-refractivity contribution in [1.29, 1.82) is 0 Å². The van der Waals surface area contributed by atoms with Crippen LogP contribution < -0.4 is 11.1 Å². The number of fused-ring (bicyclic) bond motifs is 1. The summed E-state index contributed by atoms with van der Waals surface area (Å²) in [5.41, 5.74) is 14.6. The second-order valence-corrected chi connectivity index (χ2v) is 10.4. The van der Waals surface area contributed by atoms with Gasteiger partial charge < -0.3 is 21.1 Å². The van der Waals surface area contributed by atoms with E-state index in [-0.39, 0.29) is 23.7 Å². The van der Waals surface area contributed by atoms with Crippen LogP contribution in [0.1, 0.15) is 65.6 Å². The minimum absolute atomic E-state index is 0.0367. The van der Waals surface area contributed by atoms with Gasteiger partial charge in [0.2, 0.25) is 5.91 Å². The van der Waals surface area contributed by atoms with Crippen LogP contribution >= 0.6 is 0 Å². The Morgan fingerprint density at radius 3 is 2.58 bits per heavy atom. The summed E-state index contributed by atoms with van der Waals surface area (Å²) in [4.78, 5) is 16.0. The molecule has 0 bridgehead atoms. The number of carbonyl (C=O) groups is 1. The minimum atomic E-state index is -0.607. The molecule has 2 atom stereocenters. The molecule has 1 heterocycles. The molecule has 1 saturated carbocycles. The molecule has 5 nitrogen and oxygen atoms in total. The molecule has 1 fully saturated rings. The van der Waals surface area contributed by atoms with Gasteiger partial charge in [-0.1, -0.05) is 49.4 Å². The molecule has 4 N–H and O–H groups in total. The van der Waals surface area contributed by atoms with E-state index in [1.165, 1.54) is 16.7 Å². The number of nitrogens with zero attached hydrogens (tertiary/aromatic N) is 1. The Hall–Kier alpha value is -3.31. The van der Waals surface area contributed by atoms with Gasteiger partial charge in [0, 0.05) is 18.3 Å². The molecule has 0 radical (unpaired) electrons. The summed E-state index contributed by atoms with van der Waals surface area (Å²) in [5.74, 6) is 0.309. The fraction of sp³-hybridized carbons (Fsp3) is 0.387. The summed E-state index contributed by atoms with van der Waals surface area (Å²) in [6, 6.07) is 20.4. The fourth-order valence-electron chi connectivity index (χ4n) is 5.69. The van der Waals surface area contributed by atoms with E-state index in [0.29, 0.717) is 6.42 Å². The van der Waals surface area contributed by atoms with Gasteiger partial charge in [0.15, 0.2) is 0 Å². The summed E-state index contributed by atoms with van der Waals surface area (Å²) < 4.78 is 0. The summed E-state index contributed by atoms with van der Waals surface area (Å²) in [5, 5.41) is 13.6. The van der Waals surface area contributed by atoms with Gasteiger partial charge in [-0.3, -0.25) is 4.79 Å². The van der Waals surface area contributed by atoms with E-state index in [2.05, 4.69) is 59.6 Å². The second-order valence-electron chi connectivity index (χ2n) is 10.4. The van der Waals surface area contributed by atoms with Crippen molar-refractivity contribution >= 4 is 11.6 Å². The smallest absolute Gasteiger partial charge is 0.240 e. The zero-order valence-corrected chi connectivity index (χ0v) is 21.3. The number of amides is 1. The third-order valence-corrected chi connectivity index (χ3v) is 7.66. The zero-order valence-electron chi connectivity index (χ0n) is 21.3. The number of phenols is 1. The number of rotatable bonds is 8. The average molecular weight is 484 g/mol. The molecule has 0 unspecified atom stereocenters. The zero-order chi connectivity index (χ0) is 25.2. The van der Waals surface area contributed by atoms with Crippen LogP contribution in [0.2, 0.25) is 0 Å². The van der Waals surface area contributed by atoms with Gasteiger partial charge in [-0.2, -0.15) is 0 Å². The highest BCUT2D eigenvalue weighted by Gasteiger charge is 2.41. The maximum absolute atomic E-state index is 13.9. The van der Waals surface area contributed by atoms with Crippen molar-refractivity contribution in [1.82, 2.24) is 4.90 Å². The van der Waals surface area contributed by atoms with Crippen LogP contribution in [-0.2, 0) is 24.1 Å². The number of carbonyl (C=O) groups excluding carboxylic acids is 1. The van der Waals surface area contributed by atoms with E-state index in [1.54, 1.807) is 12.1 Å². The van der Waals surface area contributed by atoms with E-state index in [0.717, 1.165) is 61.0 Å². The van der Waals surface area contributed by atoms with Gasteiger partial charge in [-0.05, 0) is 97.0 Å². The van der Waals surface area contributed by atoms with Crippen LogP contribution in [0.3, 0.4) is 0 Å². The normalized spacial score (nSPS) is 17.7. The largest absolute Gasteiger partial charge is 0.508 e. The van der Waals surface area contributed by atoms with Gasteiger partial charge in [0.25, 0.3) is 0 Å². The molecule has 36 heavy (non-hydrogen) atoms. The van der Waals surface area contributed by atoms with Gasteiger partial charge >= 0.3 is 0 Å². The lowest BCUT2D eigenvalue weighted by Crippen LogP contribution is -2.48. The first kappa shape index (κ1) is 24.4. The quantitative estimate of drug-likeness (QED) is 0.408. The Balaban J connectivity index is 1.41. The lowest BCUT2D eigenvalue weighted by Gasteiger charge is -2.38. The number of aromatic hydroxyl groups is 1. The Bertz CT molecular complexity index is 1240. The highest BCUT2D eigenvalue weighted by atomic mass is 16.3. The molecule has 1 aliphatic heterocycles. The minimum Gasteiger partial charge on any atom is -0.508 e. The molecular formula is C31H37N3O2. The number of nitrogens with two attached hydrogens (primary N) is 1. The third-order valence-electron chi connectivity index (χ3n) is 7.66. The second kappa shape index (κ2) is 10.4. The number of hydrogen-bond acceptors (Lipinski definition) is 4. The van der Waals surface area contributed by atoms with Crippen molar-refractivity contribution in [3.63, 3.8) is 0 Å². The van der Waals surface area contributed by atoms with E-state index in [1.807, 2.05) is 13.0 Å². The van der Waals surface area contributed by atoms with Gasteiger partial charge in [0.1, 0.15) is 5.75 Å². The maximum atomic E-state index is 13.9. The SMILES string of the molecule is CCc1cc(O)cc(C)c1C[C@H](N)C(=O)N(C1CC1)[C@H]1CCNc2ccc(Cc3ccccc3)cc21. The summed E-state index contributed by atoms with van der Waals surface area (Å²) in [6.07, 6.45) is 5.12. The van der Waals surface area contributed by atoms with E-state index in [9.17, 15) is 9.90 Å². The van der Waals surface area contributed by atoms with Gasteiger partial charge in [0.05, 0.1) is 12.1 Å². The molecule has 1 amide bonds. The van der Waals surface area contributed by atoms with Crippen molar-refractivity contribution in [2.75, 3.05) is 11.9 Å². The first-order chi connectivity index (χ1) is 17.4. The van der Waals surface area contributed by atoms with Crippen molar-refractivity contribution in [2.24, 2.45) is 5.73 Å². The number of aryl methyl sites for hydroxylation is 2. The molecule has 1 aliphatic carbocycles. The first-order valence-electron chi connectivity index (χ1n) is 13.2. The summed E-state index contributed by atoms with van der Waals surface area (Å²) in [7, 11) is 0. The standard InChI is InChI=1S/C31H37N3O2/c1-3-23-18-25(35)15-20(2)26(23)19-28(32)31(36)34(24-10-11-24)30-13-14-33-29-12-9-22(17-27(29)30)16-21-7-5-4-6-8-21/h4-9,12,15,17-18,24,28,30,33,35H,3,10-11,13-14,16,19,32H2,1-2H3/t28-,30-/m0/s1. The molecule has 2 aliphatic rings. The number of nitrogens with one attached hydrogen (secondary N) is 1. The van der Waals surface area contributed by atoms with Crippen LogP contribution in [0.4, 0.5) is 5.69 Å². The molecule has 0 aromatic heterocycles. The molecule has 3 aromatic rings. The summed E-state index contributed by atoms with van der Waals surface area (Å²) in [6.45, 7) is 4.90. The first-order valence-corrected chi connectivity index (χ1v) is 13.2. The molecular weight excluding hydrogens is 446 g/mol. The predicted octanol–water partition coefficient (Wildman–Crippen LogP) is 5.27. The number of phenolic OH excluding ortho intramolecular Hbond substituents is 1. The summed E-state index contributed by atoms with van der Waals surface area (Å²) >= 11 is 0. The number of benzene rings is 3. The van der Waals surface area contributed by atoms with Crippen LogP contribution in [0.5, 0.6) is 5.75 Å². The van der Waals surface area contributed by atoms with Crippen molar-refractivity contribution < 1.29 is 9.90 Å². The fourth-order valence-corrected chi connectivity index (χ4v) is 5.69. The average Bonchev–Trinajstić information content (AvgIpc) is 3.71. The Morgan fingerprint density at radius 1 is 1.08 bits per heavy atom. The molecule has 3 aromatic carbocycles. The van der Waals surface area contributed by atoms with E-state index >= 15 is 0 Å². The van der Waals surface area contributed by atoms with E-state index < -0.39 is 6.04 Å². The van der Waals surface area contributed by atoms with E-state index in [4.69, 9.17) is 5.73 Å². The monoisotopic (exact) mass is 483 g/mol. The third kappa shape index (κ3) is 5.12. The highest BCUT2D eigenvalue weighted by molar-refractivity contribution is 5.83. The lowest BCUT2D eigenvalue weighted by atomic mass is 9.91. The Morgan fingerprint density at radius 2 is 1.86 bits per heavy atom. The topological polar surface area (TPSA) is 78.6 Å². The number of hydrogen-bond donors (Lipinski definition) is 3. The predicted molar refractivity (Wildman–Crippen MR) is 145 cm³/mol. The molecule has 0 saturated heterocycles. The molecule has 0 spiro atoms. The number of anilines is 1. The Labute approximate surface area is 214 Å². The van der Waals surface area contributed by atoms with Crippen molar-refractivity contribution in [2.45, 2.75) is 70.5 Å². The van der Waals surface area contributed by atoms with Crippen LogP contribution in [0, 0.1) is 6.92 Å². The molecule has 5 heteroatoms. The van der Waals surface area contributed by atoms with Crippen molar-refractivity contribution in [3.05, 3.63) is 94.0 Å². The Kier molecular flexibility index (Phi) is 7.01. The maximum Gasteiger partial charge on any atom is 0.240 e. The lowest BCUT2D eigenvalue weighted by molar-refractivity contribution is -0.136.